The molecular weight excluding hydrogens is 362 g/mol. The van der Waals surface area contributed by atoms with Crippen LogP contribution in [0, 0.1) is 0 Å². The van der Waals surface area contributed by atoms with Crippen molar-refractivity contribution in [3.05, 3.63) is 60.4 Å². The molecule has 0 atom stereocenters. The van der Waals surface area contributed by atoms with E-state index in [-0.39, 0.29) is 0 Å². The van der Waals surface area contributed by atoms with E-state index in [0.717, 1.165) is 47.9 Å². The fourth-order valence-electron chi connectivity index (χ4n) is 3.58. The van der Waals surface area contributed by atoms with Gasteiger partial charge in [-0.3, -0.25) is 0 Å². The number of hydrogen-bond acceptors (Lipinski definition) is 5. The number of nitrogen functional groups attached to an aromatic ring is 1. The topological polar surface area (TPSA) is 69.2 Å². The van der Waals surface area contributed by atoms with Crippen molar-refractivity contribution < 1.29 is 4.74 Å². The van der Waals surface area contributed by atoms with E-state index in [1.165, 1.54) is 11.3 Å². The molecule has 29 heavy (non-hydrogen) atoms. The van der Waals surface area contributed by atoms with Gasteiger partial charge in [-0.15, -0.1) is 0 Å². The molecule has 150 valence electrons. The molecule has 2 aromatic carbocycles. The van der Waals surface area contributed by atoms with Gasteiger partial charge in [-0.1, -0.05) is 30.3 Å². The summed E-state index contributed by atoms with van der Waals surface area (Å²) < 4.78 is 7.98. The van der Waals surface area contributed by atoms with Crippen molar-refractivity contribution in [3.63, 3.8) is 0 Å². The van der Waals surface area contributed by atoms with Crippen LogP contribution in [-0.2, 0) is 17.7 Å². The summed E-state index contributed by atoms with van der Waals surface area (Å²) in [5, 5.41) is 1.07. The number of pyridine rings is 1. The minimum absolute atomic E-state index is 0.471. The second-order valence-corrected chi connectivity index (χ2v) is 7.43. The summed E-state index contributed by atoms with van der Waals surface area (Å²) in [5.74, 6) is 0.471. The molecule has 2 aromatic heterocycles. The van der Waals surface area contributed by atoms with Crippen molar-refractivity contribution in [2.75, 3.05) is 37.9 Å². The van der Waals surface area contributed by atoms with Gasteiger partial charge < -0.3 is 19.9 Å². The molecule has 4 rings (SSSR count). The van der Waals surface area contributed by atoms with E-state index < -0.39 is 0 Å². The summed E-state index contributed by atoms with van der Waals surface area (Å²) in [6, 6.07) is 16.7. The normalized spacial score (nSPS) is 11.4. The van der Waals surface area contributed by atoms with Crippen molar-refractivity contribution in [3.8, 4) is 0 Å². The van der Waals surface area contributed by atoms with Crippen LogP contribution >= 0.6 is 0 Å². The lowest BCUT2D eigenvalue weighted by molar-refractivity contribution is 0.125. The van der Waals surface area contributed by atoms with E-state index in [9.17, 15) is 0 Å². The average molecular weight is 390 g/mol. The minimum atomic E-state index is 0.471. The Bertz CT molecular complexity index is 1100. The highest BCUT2D eigenvalue weighted by atomic mass is 16.5. The molecule has 2 N–H and O–H groups in total. The Morgan fingerprint density at radius 1 is 1.03 bits per heavy atom. The van der Waals surface area contributed by atoms with E-state index in [2.05, 4.69) is 63.9 Å². The summed E-state index contributed by atoms with van der Waals surface area (Å²) in [4.78, 5) is 11.0. The van der Waals surface area contributed by atoms with Crippen molar-refractivity contribution >= 4 is 33.4 Å². The van der Waals surface area contributed by atoms with E-state index in [1.54, 1.807) is 0 Å². The lowest BCUT2D eigenvalue weighted by atomic mass is 10.1. The largest absolute Gasteiger partial charge is 0.382 e. The smallest absolute Gasteiger partial charge is 0.152 e. The summed E-state index contributed by atoms with van der Waals surface area (Å²) in [7, 11) is 4.11. The Morgan fingerprint density at radius 2 is 1.83 bits per heavy atom. The first-order valence-electron chi connectivity index (χ1n) is 9.96. The number of rotatable bonds is 8. The Hall–Kier alpha value is -3.12. The summed E-state index contributed by atoms with van der Waals surface area (Å²) in [5.41, 5.74) is 11.3. The molecule has 0 amide bonds. The number of hydrogen-bond donors (Lipinski definition) is 1. The number of benzene rings is 2. The van der Waals surface area contributed by atoms with Crippen molar-refractivity contribution in [1.29, 1.82) is 0 Å². The number of ether oxygens (including phenoxy) is 1. The molecule has 0 aliphatic carbocycles. The zero-order valence-electron chi connectivity index (χ0n) is 17.0. The molecule has 2 heterocycles. The standard InChI is InChI=1S/C23H27N5O/c1-27(2)18-11-9-17(10-12-18)6-5-14-29-15-13-28-16-25-21-22(28)19-7-3-4-8-20(19)26-23(21)24/h3-4,7-12,16H,5-6,13-15H2,1-2H3,(H2,24,26). The summed E-state index contributed by atoms with van der Waals surface area (Å²) >= 11 is 0. The fraction of sp³-hybridized carbons (Fsp3) is 0.304. The molecule has 4 aromatic rings. The van der Waals surface area contributed by atoms with Crippen LogP contribution in [0.25, 0.3) is 21.9 Å². The van der Waals surface area contributed by atoms with E-state index in [0.29, 0.717) is 12.4 Å². The summed E-state index contributed by atoms with van der Waals surface area (Å²) in [6.07, 6.45) is 3.85. The second-order valence-electron chi connectivity index (χ2n) is 7.43. The quantitative estimate of drug-likeness (QED) is 0.463. The highest BCUT2D eigenvalue weighted by Crippen LogP contribution is 2.26. The van der Waals surface area contributed by atoms with Crippen LogP contribution in [0.3, 0.4) is 0 Å². The van der Waals surface area contributed by atoms with Gasteiger partial charge in [0.1, 0.15) is 5.52 Å². The van der Waals surface area contributed by atoms with Gasteiger partial charge in [0.2, 0.25) is 0 Å². The van der Waals surface area contributed by atoms with Gasteiger partial charge in [0, 0.05) is 38.3 Å². The van der Waals surface area contributed by atoms with Gasteiger partial charge in [-0.05, 0) is 36.6 Å². The first-order chi connectivity index (χ1) is 14.1. The van der Waals surface area contributed by atoms with Crippen LogP contribution in [0.1, 0.15) is 12.0 Å². The predicted molar refractivity (Wildman–Crippen MR) is 119 cm³/mol. The number of aryl methyl sites for hydroxylation is 1. The van der Waals surface area contributed by atoms with Crippen LogP contribution in [0.15, 0.2) is 54.9 Å². The molecule has 0 bridgehead atoms. The van der Waals surface area contributed by atoms with Gasteiger partial charge in [0.25, 0.3) is 0 Å². The molecule has 0 spiro atoms. The van der Waals surface area contributed by atoms with Gasteiger partial charge in [-0.25, -0.2) is 9.97 Å². The lowest BCUT2D eigenvalue weighted by Crippen LogP contribution is -2.08. The summed E-state index contributed by atoms with van der Waals surface area (Å²) in [6.45, 7) is 2.12. The average Bonchev–Trinajstić information content (AvgIpc) is 3.16. The van der Waals surface area contributed by atoms with Gasteiger partial charge in [-0.2, -0.15) is 0 Å². The highest BCUT2D eigenvalue weighted by Gasteiger charge is 2.11. The predicted octanol–water partition coefficient (Wildman–Crippen LogP) is 3.88. The van der Waals surface area contributed by atoms with Crippen molar-refractivity contribution in [2.24, 2.45) is 0 Å². The number of aromatic nitrogens is 3. The number of fused-ring (bicyclic) bond motifs is 3. The Labute approximate surface area is 170 Å². The maximum Gasteiger partial charge on any atom is 0.152 e. The highest BCUT2D eigenvalue weighted by molar-refractivity contribution is 6.06. The molecule has 6 nitrogen and oxygen atoms in total. The van der Waals surface area contributed by atoms with E-state index in [4.69, 9.17) is 10.5 Å². The zero-order chi connectivity index (χ0) is 20.2. The molecule has 0 unspecified atom stereocenters. The number of imidazole rings is 1. The van der Waals surface area contributed by atoms with Crippen molar-refractivity contribution in [2.45, 2.75) is 19.4 Å². The second kappa shape index (κ2) is 8.49. The van der Waals surface area contributed by atoms with Crippen LogP contribution in [-0.4, -0.2) is 41.8 Å². The molecule has 0 aliphatic heterocycles. The van der Waals surface area contributed by atoms with Crippen LogP contribution < -0.4 is 10.6 Å². The zero-order valence-corrected chi connectivity index (χ0v) is 17.0. The maximum atomic E-state index is 6.09. The fourth-order valence-corrected chi connectivity index (χ4v) is 3.58. The third-order valence-corrected chi connectivity index (χ3v) is 5.16. The molecule has 0 aliphatic rings. The first kappa shape index (κ1) is 19.2. The lowest BCUT2D eigenvalue weighted by Gasteiger charge is -2.12. The van der Waals surface area contributed by atoms with Crippen molar-refractivity contribution in [1.82, 2.24) is 14.5 Å². The first-order valence-corrected chi connectivity index (χ1v) is 9.96. The SMILES string of the molecule is CN(C)c1ccc(CCCOCCn2cnc3c(N)nc4ccccc4c32)cc1. The van der Waals surface area contributed by atoms with Gasteiger partial charge in [0.15, 0.2) is 5.82 Å². The number of nitrogens with two attached hydrogens (primary N) is 1. The van der Waals surface area contributed by atoms with Gasteiger partial charge >= 0.3 is 0 Å². The van der Waals surface area contributed by atoms with Crippen LogP contribution in [0.2, 0.25) is 0 Å². The Morgan fingerprint density at radius 3 is 2.62 bits per heavy atom. The molecule has 0 saturated heterocycles. The molecule has 0 fully saturated rings. The number of nitrogens with zero attached hydrogens (tertiary/aromatic N) is 4. The van der Waals surface area contributed by atoms with Crippen LogP contribution in [0.5, 0.6) is 0 Å². The van der Waals surface area contributed by atoms with Crippen LogP contribution in [0.4, 0.5) is 11.5 Å². The number of para-hydroxylation sites is 1. The maximum absolute atomic E-state index is 6.09. The monoisotopic (exact) mass is 389 g/mol. The Kier molecular flexibility index (Phi) is 5.62. The van der Waals surface area contributed by atoms with E-state index >= 15 is 0 Å². The molecule has 0 saturated carbocycles. The minimum Gasteiger partial charge on any atom is -0.382 e. The Balaban J connectivity index is 1.31. The number of anilines is 2. The third-order valence-electron chi connectivity index (χ3n) is 5.16. The van der Waals surface area contributed by atoms with E-state index in [1.807, 2.05) is 24.5 Å². The third kappa shape index (κ3) is 4.17. The molecule has 6 heteroatoms. The molecule has 0 radical (unpaired) electrons. The van der Waals surface area contributed by atoms with Gasteiger partial charge in [0.05, 0.1) is 24.0 Å². The molecular formula is C23H27N5O.